The van der Waals surface area contributed by atoms with E-state index in [9.17, 15) is 8.42 Å². The summed E-state index contributed by atoms with van der Waals surface area (Å²) in [5, 5.41) is 0. The largest absolute Gasteiger partial charge is 0.381 e. The van der Waals surface area contributed by atoms with Gasteiger partial charge in [0.05, 0.1) is 5.75 Å². The third kappa shape index (κ3) is 4.26. The van der Waals surface area contributed by atoms with Gasteiger partial charge in [0.1, 0.15) is 0 Å². The number of nitrogens with two attached hydrogens (primary N) is 1. The van der Waals surface area contributed by atoms with Crippen LogP contribution in [0.4, 0.5) is 0 Å². The van der Waals surface area contributed by atoms with E-state index in [2.05, 4.69) is 4.72 Å². The molecule has 0 amide bonds. The zero-order valence-electron chi connectivity index (χ0n) is 12.7. The Bertz CT molecular complexity index is 593. The highest BCUT2D eigenvalue weighted by molar-refractivity contribution is 7.88. The van der Waals surface area contributed by atoms with E-state index < -0.39 is 15.6 Å². The van der Waals surface area contributed by atoms with Crippen molar-refractivity contribution in [3.05, 3.63) is 34.9 Å². The predicted octanol–water partition coefficient (Wildman–Crippen LogP) is 1.23. The fourth-order valence-corrected chi connectivity index (χ4v) is 4.23. The number of aryl methyl sites for hydroxylation is 2. The van der Waals surface area contributed by atoms with Gasteiger partial charge < -0.3 is 10.5 Å². The number of benzene rings is 1. The number of hydrogen-bond donors (Lipinski definition) is 2. The summed E-state index contributed by atoms with van der Waals surface area (Å²) in [4.78, 5) is 0. The summed E-state index contributed by atoms with van der Waals surface area (Å²) in [6.07, 6.45) is 1.24. The van der Waals surface area contributed by atoms with Gasteiger partial charge in [0, 0.05) is 25.3 Å². The topological polar surface area (TPSA) is 81.4 Å². The van der Waals surface area contributed by atoms with Crippen molar-refractivity contribution in [1.82, 2.24) is 4.72 Å². The summed E-state index contributed by atoms with van der Waals surface area (Å²) in [5.74, 6) is -0.0171. The lowest BCUT2D eigenvalue weighted by Gasteiger charge is -2.36. The van der Waals surface area contributed by atoms with Crippen LogP contribution in [0.3, 0.4) is 0 Å². The predicted molar refractivity (Wildman–Crippen MR) is 83.5 cm³/mol. The van der Waals surface area contributed by atoms with Crippen LogP contribution in [-0.4, -0.2) is 33.7 Å². The van der Waals surface area contributed by atoms with Crippen LogP contribution in [0.5, 0.6) is 0 Å². The first kappa shape index (κ1) is 16.4. The van der Waals surface area contributed by atoms with Crippen molar-refractivity contribution in [2.75, 3.05) is 19.8 Å². The average Bonchev–Trinajstić information content (AvgIpc) is 2.43. The van der Waals surface area contributed by atoms with Gasteiger partial charge >= 0.3 is 0 Å². The Kier molecular flexibility index (Phi) is 5.03. The highest BCUT2D eigenvalue weighted by Crippen LogP contribution is 2.22. The van der Waals surface area contributed by atoms with Crippen LogP contribution in [0.25, 0.3) is 0 Å². The normalized spacial score (nSPS) is 18.6. The van der Waals surface area contributed by atoms with Crippen molar-refractivity contribution < 1.29 is 13.2 Å². The average molecular weight is 312 g/mol. The summed E-state index contributed by atoms with van der Waals surface area (Å²) in [6.45, 7) is 5.38. The molecular formula is C15H24N2O3S. The van der Waals surface area contributed by atoms with E-state index in [0.29, 0.717) is 32.6 Å². The van der Waals surface area contributed by atoms with Crippen molar-refractivity contribution >= 4 is 10.0 Å². The molecule has 118 valence electrons. The van der Waals surface area contributed by atoms with Gasteiger partial charge in [0.2, 0.25) is 10.0 Å². The van der Waals surface area contributed by atoms with Gasteiger partial charge in [-0.05, 0) is 43.4 Å². The van der Waals surface area contributed by atoms with Crippen molar-refractivity contribution in [3.63, 3.8) is 0 Å². The Morgan fingerprint density at radius 1 is 1.24 bits per heavy atom. The molecule has 1 saturated heterocycles. The number of rotatable bonds is 5. The van der Waals surface area contributed by atoms with Crippen molar-refractivity contribution in [2.24, 2.45) is 5.73 Å². The molecule has 5 nitrogen and oxygen atoms in total. The molecular weight excluding hydrogens is 288 g/mol. The molecule has 1 heterocycles. The number of ether oxygens (including phenoxy) is 1. The third-order valence-corrected chi connectivity index (χ3v) is 5.60. The minimum atomic E-state index is -3.42. The van der Waals surface area contributed by atoms with E-state index in [0.717, 1.165) is 16.7 Å². The Balaban J connectivity index is 2.12. The van der Waals surface area contributed by atoms with Gasteiger partial charge in [-0.15, -0.1) is 0 Å². The molecule has 0 saturated carbocycles. The van der Waals surface area contributed by atoms with Gasteiger partial charge in [0.25, 0.3) is 0 Å². The summed E-state index contributed by atoms with van der Waals surface area (Å²) in [5.41, 5.74) is 8.30. The molecule has 1 aliphatic rings. The number of hydrogen-bond acceptors (Lipinski definition) is 4. The maximum atomic E-state index is 12.4. The van der Waals surface area contributed by atoms with E-state index in [-0.39, 0.29) is 5.75 Å². The Hall–Kier alpha value is -0.950. The molecule has 2 rings (SSSR count). The smallest absolute Gasteiger partial charge is 0.216 e. The molecule has 0 bridgehead atoms. The highest BCUT2D eigenvalue weighted by atomic mass is 32.2. The van der Waals surface area contributed by atoms with Gasteiger partial charge in [0.15, 0.2) is 0 Å². The Morgan fingerprint density at radius 2 is 1.90 bits per heavy atom. The minimum Gasteiger partial charge on any atom is -0.381 e. The standard InChI is InChI=1S/C15H24N2O3S/c1-12-3-4-14(9-13(12)2)10-21(18,19)17-15(11-16)5-7-20-8-6-15/h3-4,9,17H,5-8,10-11,16H2,1-2H3. The summed E-state index contributed by atoms with van der Waals surface area (Å²) >= 11 is 0. The lowest BCUT2D eigenvalue weighted by atomic mass is 9.92. The molecule has 0 spiro atoms. The fraction of sp³-hybridized carbons (Fsp3) is 0.600. The van der Waals surface area contributed by atoms with E-state index >= 15 is 0 Å². The van der Waals surface area contributed by atoms with Gasteiger partial charge in [-0.1, -0.05) is 18.2 Å². The van der Waals surface area contributed by atoms with Crippen LogP contribution in [0.1, 0.15) is 29.5 Å². The molecule has 1 aromatic carbocycles. The molecule has 1 aliphatic heterocycles. The monoisotopic (exact) mass is 312 g/mol. The second-order valence-electron chi connectivity index (χ2n) is 5.88. The maximum Gasteiger partial charge on any atom is 0.216 e. The van der Waals surface area contributed by atoms with E-state index in [1.54, 1.807) is 0 Å². The molecule has 1 fully saturated rings. The quantitative estimate of drug-likeness (QED) is 0.857. The first-order valence-corrected chi connectivity index (χ1v) is 8.87. The fourth-order valence-electron chi connectivity index (χ4n) is 2.59. The van der Waals surface area contributed by atoms with Gasteiger partial charge in [-0.25, -0.2) is 13.1 Å². The summed E-state index contributed by atoms with van der Waals surface area (Å²) in [6, 6.07) is 5.74. The second-order valence-corrected chi connectivity index (χ2v) is 7.60. The van der Waals surface area contributed by atoms with Crippen molar-refractivity contribution in [1.29, 1.82) is 0 Å². The first-order valence-electron chi connectivity index (χ1n) is 7.21. The van der Waals surface area contributed by atoms with Crippen LogP contribution >= 0.6 is 0 Å². The first-order chi connectivity index (χ1) is 9.86. The lowest BCUT2D eigenvalue weighted by molar-refractivity contribution is 0.0502. The van der Waals surface area contributed by atoms with Crippen LogP contribution in [0, 0.1) is 13.8 Å². The number of nitrogens with one attached hydrogen (secondary N) is 1. The molecule has 6 heteroatoms. The maximum absolute atomic E-state index is 12.4. The van der Waals surface area contributed by atoms with E-state index in [1.165, 1.54) is 0 Å². The SMILES string of the molecule is Cc1ccc(CS(=O)(=O)NC2(CN)CCOCC2)cc1C. The zero-order chi connectivity index (χ0) is 15.5. The zero-order valence-corrected chi connectivity index (χ0v) is 13.5. The molecule has 3 N–H and O–H groups in total. The third-order valence-electron chi connectivity index (χ3n) is 4.14. The Morgan fingerprint density at radius 3 is 2.48 bits per heavy atom. The van der Waals surface area contributed by atoms with Crippen LogP contribution < -0.4 is 10.5 Å². The van der Waals surface area contributed by atoms with Crippen LogP contribution in [-0.2, 0) is 20.5 Å². The second kappa shape index (κ2) is 6.44. The van der Waals surface area contributed by atoms with E-state index in [4.69, 9.17) is 10.5 Å². The molecule has 1 aromatic rings. The molecule has 0 aliphatic carbocycles. The number of sulfonamides is 1. The molecule has 0 aromatic heterocycles. The van der Waals surface area contributed by atoms with Crippen molar-refractivity contribution in [2.45, 2.75) is 38.0 Å². The summed E-state index contributed by atoms with van der Waals surface area (Å²) in [7, 11) is -3.42. The van der Waals surface area contributed by atoms with Gasteiger partial charge in [-0.3, -0.25) is 0 Å². The van der Waals surface area contributed by atoms with Crippen molar-refractivity contribution in [3.8, 4) is 0 Å². The van der Waals surface area contributed by atoms with Gasteiger partial charge in [-0.2, -0.15) is 0 Å². The van der Waals surface area contributed by atoms with Crippen LogP contribution in [0.15, 0.2) is 18.2 Å². The highest BCUT2D eigenvalue weighted by Gasteiger charge is 2.35. The summed E-state index contributed by atoms with van der Waals surface area (Å²) < 4.78 is 32.9. The minimum absolute atomic E-state index is 0.0171. The molecule has 21 heavy (non-hydrogen) atoms. The Labute approximate surface area is 126 Å². The van der Waals surface area contributed by atoms with E-state index in [1.807, 2.05) is 32.0 Å². The molecule has 0 atom stereocenters. The van der Waals surface area contributed by atoms with Crippen LogP contribution in [0.2, 0.25) is 0 Å². The lowest BCUT2D eigenvalue weighted by Crippen LogP contribution is -2.56. The molecule has 0 radical (unpaired) electrons. The molecule has 0 unspecified atom stereocenters.